The summed E-state index contributed by atoms with van der Waals surface area (Å²) in [6.07, 6.45) is 0. The van der Waals surface area contributed by atoms with Crippen molar-refractivity contribution in [2.45, 2.75) is 6.92 Å². The zero-order valence-electron chi connectivity index (χ0n) is 10.7. The molecule has 0 unspecified atom stereocenters. The van der Waals surface area contributed by atoms with Crippen LogP contribution in [-0.4, -0.2) is 45.3 Å². The Labute approximate surface area is 113 Å². The smallest absolute Gasteiger partial charge is 0.311 e. The third kappa shape index (κ3) is 3.19. The van der Waals surface area contributed by atoms with Crippen LogP contribution in [0.2, 0.25) is 0 Å². The van der Waals surface area contributed by atoms with Crippen molar-refractivity contribution in [3.05, 3.63) is 22.2 Å². The monoisotopic (exact) mass is 284 g/mol. The van der Waals surface area contributed by atoms with E-state index in [4.69, 9.17) is 0 Å². The maximum atomic E-state index is 11.3. The lowest BCUT2D eigenvalue weighted by atomic mass is 10.3. The summed E-state index contributed by atoms with van der Waals surface area (Å²) >= 11 is 0. The number of nitro groups is 1. The molecular weight excluding hydrogens is 268 g/mol. The third-order valence-corrected chi connectivity index (χ3v) is 4.16. The van der Waals surface area contributed by atoms with E-state index in [0.29, 0.717) is 42.8 Å². The summed E-state index contributed by atoms with van der Waals surface area (Å²) in [7, 11) is -0.816. The minimum absolute atomic E-state index is 0.00525. The highest BCUT2D eigenvalue weighted by atomic mass is 32.2. The van der Waals surface area contributed by atoms with Crippen LogP contribution in [0.4, 0.5) is 17.3 Å². The molecule has 1 N–H and O–H groups in total. The molecule has 0 atom stereocenters. The molecule has 1 aromatic heterocycles. The predicted octanol–water partition coefficient (Wildman–Crippen LogP) is 0.990. The average Bonchev–Trinajstić information content (AvgIpc) is 2.39. The van der Waals surface area contributed by atoms with Crippen LogP contribution in [0, 0.1) is 10.1 Å². The van der Waals surface area contributed by atoms with Crippen molar-refractivity contribution in [3.8, 4) is 0 Å². The molecule has 2 heterocycles. The highest BCUT2D eigenvalue weighted by Gasteiger charge is 2.25. The van der Waals surface area contributed by atoms with Crippen molar-refractivity contribution in [1.29, 1.82) is 0 Å². The fraction of sp³-hybridized carbons (Fsp3) is 0.545. The van der Waals surface area contributed by atoms with Gasteiger partial charge in [0.2, 0.25) is 5.82 Å². The van der Waals surface area contributed by atoms with Crippen molar-refractivity contribution in [1.82, 2.24) is 4.98 Å². The molecule has 104 valence electrons. The second-order valence-corrected chi connectivity index (χ2v) is 5.86. The van der Waals surface area contributed by atoms with Crippen LogP contribution in [-0.2, 0) is 10.8 Å². The van der Waals surface area contributed by atoms with Gasteiger partial charge in [-0.05, 0) is 13.0 Å². The van der Waals surface area contributed by atoms with Gasteiger partial charge in [-0.3, -0.25) is 14.3 Å². The quantitative estimate of drug-likeness (QED) is 0.655. The molecule has 1 aliphatic heterocycles. The van der Waals surface area contributed by atoms with Crippen LogP contribution in [0.15, 0.2) is 12.1 Å². The number of hydrogen-bond donors (Lipinski definition) is 1. The first-order valence-corrected chi connectivity index (χ1v) is 7.60. The summed E-state index contributed by atoms with van der Waals surface area (Å²) in [5.41, 5.74) is -0.00525. The van der Waals surface area contributed by atoms with Gasteiger partial charge in [0.15, 0.2) is 0 Å². The maximum absolute atomic E-state index is 11.3. The summed E-state index contributed by atoms with van der Waals surface area (Å²) in [6, 6.07) is 3.07. The molecule has 0 spiro atoms. The number of aromatic nitrogens is 1. The SMILES string of the molecule is CCNc1ccc([N+](=O)[O-])c(N2CCS(=O)CC2)n1. The van der Waals surface area contributed by atoms with Crippen LogP contribution < -0.4 is 10.2 Å². The maximum Gasteiger partial charge on any atom is 0.311 e. The largest absolute Gasteiger partial charge is 0.370 e. The zero-order chi connectivity index (χ0) is 13.8. The average molecular weight is 284 g/mol. The van der Waals surface area contributed by atoms with Crippen molar-refractivity contribution in [3.63, 3.8) is 0 Å². The minimum atomic E-state index is -0.816. The van der Waals surface area contributed by atoms with Gasteiger partial charge in [-0.2, -0.15) is 0 Å². The number of pyridine rings is 1. The van der Waals surface area contributed by atoms with E-state index in [9.17, 15) is 14.3 Å². The van der Waals surface area contributed by atoms with E-state index in [1.165, 1.54) is 6.07 Å². The lowest BCUT2D eigenvalue weighted by Crippen LogP contribution is -2.38. The van der Waals surface area contributed by atoms with Crippen molar-refractivity contribution < 1.29 is 9.13 Å². The van der Waals surface area contributed by atoms with Crippen LogP contribution in [0.3, 0.4) is 0 Å². The standard InChI is InChI=1S/C11H16N4O3S/c1-2-12-10-4-3-9(15(16)17)11(13-10)14-5-7-19(18)8-6-14/h3-4H,2,5-8H2,1H3,(H,12,13). The number of nitrogens with one attached hydrogen (secondary N) is 1. The molecule has 19 heavy (non-hydrogen) atoms. The van der Waals surface area contributed by atoms with E-state index in [-0.39, 0.29) is 5.69 Å². The van der Waals surface area contributed by atoms with Gasteiger partial charge in [0.05, 0.1) is 4.92 Å². The van der Waals surface area contributed by atoms with E-state index >= 15 is 0 Å². The van der Waals surface area contributed by atoms with E-state index in [1.807, 2.05) is 11.8 Å². The molecule has 0 radical (unpaired) electrons. The molecular formula is C11H16N4O3S. The number of nitrogens with zero attached hydrogens (tertiary/aromatic N) is 3. The molecule has 8 heteroatoms. The van der Waals surface area contributed by atoms with Crippen molar-refractivity contribution in [2.75, 3.05) is 41.4 Å². The first kappa shape index (κ1) is 13.7. The Balaban J connectivity index is 2.31. The Bertz CT molecular complexity index is 499. The van der Waals surface area contributed by atoms with Crippen LogP contribution >= 0.6 is 0 Å². The lowest BCUT2D eigenvalue weighted by Gasteiger charge is -2.27. The lowest BCUT2D eigenvalue weighted by molar-refractivity contribution is -0.384. The molecule has 2 rings (SSSR count). The predicted molar refractivity (Wildman–Crippen MR) is 75.1 cm³/mol. The minimum Gasteiger partial charge on any atom is -0.370 e. The van der Waals surface area contributed by atoms with Gasteiger partial charge in [0.1, 0.15) is 5.82 Å². The van der Waals surface area contributed by atoms with Crippen LogP contribution in [0.1, 0.15) is 6.92 Å². The van der Waals surface area contributed by atoms with Crippen molar-refractivity contribution >= 4 is 28.1 Å². The molecule has 1 fully saturated rings. The first-order valence-electron chi connectivity index (χ1n) is 6.11. The summed E-state index contributed by atoms with van der Waals surface area (Å²) in [6.45, 7) is 3.72. The fourth-order valence-corrected chi connectivity index (χ4v) is 3.00. The van der Waals surface area contributed by atoms with Gasteiger partial charge in [-0.1, -0.05) is 0 Å². The van der Waals surface area contributed by atoms with Gasteiger partial charge in [-0.15, -0.1) is 0 Å². The van der Waals surface area contributed by atoms with E-state index < -0.39 is 15.7 Å². The molecule has 0 bridgehead atoms. The highest BCUT2D eigenvalue weighted by Crippen LogP contribution is 2.28. The zero-order valence-corrected chi connectivity index (χ0v) is 11.5. The Morgan fingerprint density at radius 3 is 2.74 bits per heavy atom. The van der Waals surface area contributed by atoms with Crippen molar-refractivity contribution in [2.24, 2.45) is 0 Å². The molecule has 0 aromatic carbocycles. The van der Waals surface area contributed by atoms with E-state index in [0.717, 1.165) is 0 Å². The van der Waals surface area contributed by atoms with Crippen LogP contribution in [0.25, 0.3) is 0 Å². The second-order valence-electron chi connectivity index (χ2n) is 4.16. The number of hydrogen-bond acceptors (Lipinski definition) is 6. The third-order valence-electron chi connectivity index (χ3n) is 2.89. The summed E-state index contributed by atoms with van der Waals surface area (Å²) in [5, 5.41) is 14.1. The summed E-state index contributed by atoms with van der Waals surface area (Å²) in [4.78, 5) is 16.8. The topological polar surface area (TPSA) is 88.4 Å². The molecule has 1 aromatic rings. The molecule has 0 saturated carbocycles. The van der Waals surface area contributed by atoms with Gasteiger partial charge >= 0.3 is 5.69 Å². The van der Waals surface area contributed by atoms with Gasteiger partial charge < -0.3 is 10.2 Å². The number of anilines is 2. The molecule has 0 amide bonds. The molecule has 7 nitrogen and oxygen atoms in total. The first-order chi connectivity index (χ1) is 9.11. The number of rotatable bonds is 4. The van der Waals surface area contributed by atoms with Gasteiger partial charge in [-0.25, -0.2) is 4.98 Å². The van der Waals surface area contributed by atoms with Gasteiger partial charge in [0.25, 0.3) is 0 Å². The molecule has 1 saturated heterocycles. The Kier molecular flexibility index (Phi) is 4.31. The summed E-state index contributed by atoms with van der Waals surface area (Å²) < 4.78 is 11.3. The molecule has 1 aliphatic rings. The summed E-state index contributed by atoms with van der Waals surface area (Å²) in [5.74, 6) is 2.05. The second kappa shape index (κ2) is 5.96. The Hall–Kier alpha value is -1.70. The Morgan fingerprint density at radius 2 is 2.16 bits per heavy atom. The fourth-order valence-electron chi connectivity index (χ4n) is 1.95. The highest BCUT2D eigenvalue weighted by molar-refractivity contribution is 7.85. The van der Waals surface area contributed by atoms with E-state index in [1.54, 1.807) is 6.07 Å². The van der Waals surface area contributed by atoms with E-state index in [2.05, 4.69) is 10.3 Å². The Morgan fingerprint density at radius 1 is 1.47 bits per heavy atom. The normalized spacial score (nSPS) is 16.4. The van der Waals surface area contributed by atoms with Gasteiger partial charge in [0, 0.05) is 48.0 Å². The molecule has 0 aliphatic carbocycles. The van der Waals surface area contributed by atoms with Crippen LogP contribution in [0.5, 0.6) is 0 Å².